The third-order valence-electron chi connectivity index (χ3n) is 4.88. The van der Waals surface area contributed by atoms with Crippen LogP contribution in [0.25, 0.3) is 0 Å². The fourth-order valence-corrected chi connectivity index (χ4v) is 5.38. The molecule has 1 aliphatic heterocycles. The van der Waals surface area contributed by atoms with Crippen molar-refractivity contribution in [1.29, 1.82) is 0 Å². The molecule has 0 spiro atoms. The van der Waals surface area contributed by atoms with Crippen molar-refractivity contribution in [1.82, 2.24) is 4.31 Å². The molecule has 3 rings (SSSR count). The number of halogens is 2. The molecule has 1 unspecified atom stereocenters. The molecule has 1 N–H and O–H groups in total. The van der Waals surface area contributed by atoms with Gasteiger partial charge in [0.25, 0.3) is 0 Å². The van der Waals surface area contributed by atoms with Gasteiger partial charge in [-0.15, -0.1) is 0 Å². The lowest BCUT2D eigenvalue weighted by atomic mass is 9.99. The lowest BCUT2D eigenvalue weighted by molar-refractivity contribution is -0.120. The van der Waals surface area contributed by atoms with Crippen molar-refractivity contribution in [2.45, 2.75) is 24.7 Å². The van der Waals surface area contributed by atoms with E-state index in [9.17, 15) is 13.2 Å². The zero-order chi connectivity index (χ0) is 21.2. The number of methoxy groups -OCH3 is 1. The minimum absolute atomic E-state index is 0.104. The summed E-state index contributed by atoms with van der Waals surface area (Å²) in [5, 5.41) is 3.53. The summed E-state index contributed by atoms with van der Waals surface area (Å²) in [5.41, 5.74) is 1.33. The van der Waals surface area contributed by atoms with Crippen molar-refractivity contribution in [3.63, 3.8) is 0 Å². The molecule has 29 heavy (non-hydrogen) atoms. The van der Waals surface area contributed by atoms with Crippen LogP contribution in [0.5, 0.6) is 5.75 Å². The number of anilines is 1. The molecule has 1 saturated heterocycles. The van der Waals surface area contributed by atoms with Crippen molar-refractivity contribution < 1.29 is 17.9 Å². The van der Waals surface area contributed by atoms with Gasteiger partial charge in [0.05, 0.1) is 23.1 Å². The fourth-order valence-electron chi connectivity index (χ4n) is 3.32. The van der Waals surface area contributed by atoms with Gasteiger partial charge in [0.2, 0.25) is 15.9 Å². The summed E-state index contributed by atoms with van der Waals surface area (Å²) in [5.74, 6) is -0.429. The van der Waals surface area contributed by atoms with Crippen LogP contribution in [-0.2, 0) is 14.8 Å². The van der Waals surface area contributed by atoms with Gasteiger partial charge in [0, 0.05) is 18.8 Å². The third kappa shape index (κ3) is 4.86. The van der Waals surface area contributed by atoms with Gasteiger partial charge < -0.3 is 10.1 Å². The first-order chi connectivity index (χ1) is 13.7. The molecule has 0 aromatic heterocycles. The van der Waals surface area contributed by atoms with Crippen LogP contribution in [0, 0.1) is 12.8 Å². The summed E-state index contributed by atoms with van der Waals surface area (Å²) in [6, 6.07) is 9.84. The van der Waals surface area contributed by atoms with E-state index in [1.54, 1.807) is 36.4 Å². The zero-order valence-electron chi connectivity index (χ0n) is 16.1. The zero-order valence-corrected chi connectivity index (χ0v) is 18.4. The molecule has 156 valence electrons. The Kier molecular flexibility index (Phi) is 6.73. The first kappa shape index (κ1) is 21.9. The Morgan fingerprint density at radius 3 is 2.62 bits per heavy atom. The number of nitrogens with zero attached hydrogens (tertiary/aromatic N) is 1. The van der Waals surface area contributed by atoms with E-state index in [1.807, 2.05) is 6.92 Å². The molecule has 0 bridgehead atoms. The van der Waals surface area contributed by atoms with E-state index in [4.69, 9.17) is 27.9 Å². The molecule has 1 fully saturated rings. The molecular formula is C20H22Cl2N2O4S. The van der Waals surface area contributed by atoms with Crippen LogP contribution in [-0.4, -0.2) is 38.8 Å². The van der Waals surface area contributed by atoms with Gasteiger partial charge in [-0.3, -0.25) is 4.79 Å². The molecule has 1 atom stereocenters. The number of sulfonamides is 1. The van der Waals surface area contributed by atoms with Gasteiger partial charge in [0.1, 0.15) is 10.6 Å². The maximum atomic E-state index is 13.2. The Balaban J connectivity index is 1.78. The Hall–Kier alpha value is -1.80. The van der Waals surface area contributed by atoms with E-state index in [-0.39, 0.29) is 23.1 Å². The highest BCUT2D eigenvalue weighted by Gasteiger charge is 2.35. The SMILES string of the molecule is COc1ccc(C)cc1S(=O)(=O)N1CCCC(C(=O)Nc2ccc(Cl)c(Cl)c2)C1. The number of amides is 1. The van der Waals surface area contributed by atoms with Crippen LogP contribution in [0.3, 0.4) is 0 Å². The quantitative estimate of drug-likeness (QED) is 0.725. The van der Waals surface area contributed by atoms with Gasteiger partial charge >= 0.3 is 0 Å². The number of piperidine rings is 1. The van der Waals surface area contributed by atoms with Gasteiger partial charge in [-0.1, -0.05) is 29.3 Å². The Bertz CT molecular complexity index is 1030. The number of hydrogen-bond acceptors (Lipinski definition) is 4. The monoisotopic (exact) mass is 456 g/mol. The molecule has 6 nitrogen and oxygen atoms in total. The number of aryl methyl sites for hydroxylation is 1. The second-order valence-corrected chi connectivity index (χ2v) is 9.70. The number of ether oxygens (including phenoxy) is 1. The molecule has 1 heterocycles. The fraction of sp³-hybridized carbons (Fsp3) is 0.350. The van der Waals surface area contributed by atoms with E-state index in [1.165, 1.54) is 11.4 Å². The van der Waals surface area contributed by atoms with Crippen molar-refractivity contribution in [3.8, 4) is 5.75 Å². The molecule has 2 aromatic carbocycles. The highest BCUT2D eigenvalue weighted by atomic mass is 35.5. The average molecular weight is 457 g/mol. The normalized spacial score (nSPS) is 17.7. The topological polar surface area (TPSA) is 75.7 Å². The van der Waals surface area contributed by atoms with Gasteiger partial charge in [-0.25, -0.2) is 8.42 Å². The number of nitrogens with one attached hydrogen (secondary N) is 1. The summed E-state index contributed by atoms with van der Waals surface area (Å²) in [7, 11) is -2.35. The number of carbonyl (C=O) groups is 1. The first-order valence-corrected chi connectivity index (χ1v) is 11.3. The average Bonchev–Trinajstić information content (AvgIpc) is 2.70. The standard InChI is InChI=1S/C20H22Cl2N2O4S/c1-13-5-8-18(28-2)19(10-13)29(26,27)24-9-3-4-14(12-24)20(25)23-15-6-7-16(21)17(22)11-15/h5-8,10-11,14H,3-4,9,12H2,1-2H3,(H,23,25). The van der Waals surface area contributed by atoms with Crippen LogP contribution in [0.1, 0.15) is 18.4 Å². The van der Waals surface area contributed by atoms with Crippen LogP contribution in [0.4, 0.5) is 5.69 Å². The maximum Gasteiger partial charge on any atom is 0.246 e. The number of benzene rings is 2. The second-order valence-electron chi connectivity index (χ2n) is 6.97. The van der Waals surface area contributed by atoms with Crippen molar-refractivity contribution in [2.24, 2.45) is 5.92 Å². The summed E-state index contributed by atoms with van der Waals surface area (Å²) in [6.45, 7) is 2.28. The number of carbonyl (C=O) groups excluding carboxylic acids is 1. The summed E-state index contributed by atoms with van der Waals surface area (Å²) >= 11 is 11.9. The van der Waals surface area contributed by atoms with Gasteiger partial charge in [0.15, 0.2) is 0 Å². The summed E-state index contributed by atoms with van der Waals surface area (Å²) in [6.07, 6.45) is 1.19. The first-order valence-electron chi connectivity index (χ1n) is 9.13. The molecule has 9 heteroatoms. The van der Waals surface area contributed by atoms with Crippen molar-refractivity contribution in [3.05, 3.63) is 52.0 Å². The Morgan fingerprint density at radius 1 is 1.17 bits per heavy atom. The smallest absolute Gasteiger partial charge is 0.246 e. The van der Waals surface area contributed by atoms with Gasteiger partial charge in [-0.2, -0.15) is 4.31 Å². The highest BCUT2D eigenvalue weighted by Crippen LogP contribution is 2.31. The molecule has 1 amide bonds. The molecule has 0 aliphatic carbocycles. The van der Waals surface area contributed by atoms with Gasteiger partial charge in [-0.05, 0) is 55.7 Å². The molecular weight excluding hydrogens is 435 g/mol. The van der Waals surface area contributed by atoms with E-state index in [0.717, 1.165) is 5.56 Å². The predicted molar refractivity (Wildman–Crippen MR) is 114 cm³/mol. The number of rotatable bonds is 5. The maximum absolute atomic E-state index is 13.2. The predicted octanol–water partition coefficient (Wildman–Crippen LogP) is 4.35. The lowest BCUT2D eigenvalue weighted by Gasteiger charge is -2.31. The molecule has 2 aromatic rings. The van der Waals surface area contributed by atoms with E-state index >= 15 is 0 Å². The van der Waals surface area contributed by atoms with Crippen molar-refractivity contribution >= 4 is 44.8 Å². The van der Waals surface area contributed by atoms with Crippen molar-refractivity contribution in [2.75, 3.05) is 25.5 Å². The largest absolute Gasteiger partial charge is 0.495 e. The van der Waals surface area contributed by atoms with E-state index in [0.29, 0.717) is 35.1 Å². The minimum atomic E-state index is -3.79. The van der Waals surface area contributed by atoms with E-state index < -0.39 is 15.9 Å². The third-order valence-corrected chi connectivity index (χ3v) is 7.50. The Labute approximate surface area is 180 Å². The van der Waals surface area contributed by atoms with Crippen LogP contribution in [0.15, 0.2) is 41.3 Å². The van der Waals surface area contributed by atoms with E-state index in [2.05, 4.69) is 5.32 Å². The summed E-state index contributed by atoms with van der Waals surface area (Å²) in [4.78, 5) is 12.8. The minimum Gasteiger partial charge on any atom is -0.495 e. The second kappa shape index (κ2) is 8.92. The number of hydrogen-bond donors (Lipinski definition) is 1. The molecule has 0 radical (unpaired) electrons. The van der Waals surface area contributed by atoms with Crippen LogP contribution >= 0.6 is 23.2 Å². The molecule has 1 aliphatic rings. The summed E-state index contributed by atoms with van der Waals surface area (Å²) < 4.78 is 33.0. The molecule has 0 saturated carbocycles. The van der Waals surface area contributed by atoms with Crippen LogP contribution in [0.2, 0.25) is 10.0 Å². The highest BCUT2D eigenvalue weighted by molar-refractivity contribution is 7.89. The Morgan fingerprint density at radius 2 is 1.93 bits per heavy atom. The van der Waals surface area contributed by atoms with Crippen LogP contribution < -0.4 is 10.1 Å². The lowest BCUT2D eigenvalue weighted by Crippen LogP contribution is -2.43.